The molecule has 2 aliphatic carbocycles. The van der Waals surface area contributed by atoms with E-state index in [9.17, 15) is 0 Å². The lowest BCUT2D eigenvalue weighted by Crippen LogP contribution is -2.39. The summed E-state index contributed by atoms with van der Waals surface area (Å²) in [4.78, 5) is 3.66. The van der Waals surface area contributed by atoms with Crippen LogP contribution in [-0.4, -0.2) is 11.0 Å². The minimum Gasteiger partial charge on any atom is -0.357 e. The predicted octanol–water partition coefficient (Wildman–Crippen LogP) is 3.69. The molecule has 0 amide bonds. The summed E-state index contributed by atoms with van der Waals surface area (Å²) < 4.78 is 0. The molecule has 2 heteroatoms. The van der Waals surface area contributed by atoms with Crippen molar-refractivity contribution in [2.75, 3.05) is 0 Å². The summed E-state index contributed by atoms with van der Waals surface area (Å²) in [7, 11) is 0. The van der Waals surface area contributed by atoms with E-state index in [0.29, 0.717) is 6.04 Å². The van der Waals surface area contributed by atoms with Gasteiger partial charge in [-0.25, -0.2) is 0 Å². The van der Waals surface area contributed by atoms with Gasteiger partial charge in [0.1, 0.15) is 0 Å². The molecule has 0 saturated heterocycles. The number of nitrogens with one attached hydrogen (secondary N) is 2. The molecule has 94 valence electrons. The van der Waals surface area contributed by atoms with Gasteiger partial charge in [0.15, 0.2) is 0 Å². The second-order valence-corrected chi connectivity index (χ2v) is 5.80. The molecule has 1 saturated carbocycles. The van der Waals surface area contributed by atoms with Gasteiger partial charge in [0.2, 0.25) is 0 Å². The molecule has 1 atom stereocenters. The zero-order chi connectivity index (χ0) is 11.9. The molecule has 0 spiro atoms. The number of hydrogen-bond donors (Lipinski definition) is 2. The number of para-hydroxylation sites is 1. The van der Waals surface area contributed by atoms with Crippen LogP contribution in [0.25, 0.3) is 10.9 Å². The highest BCUT2D eigenvalue weighted by atomic mass is 15.0. The topological polar surface area (TPSA) is 27.8 Å². The van der Waals surface area contributed by atoms with Crippen LogP contribution >= 0.6 is 0 Å². The third-order valence-corrected chi connectivity index (χ3v) is 4.66. The maximum atomic E-state index is 3.84. The Kier molecular flexibility index (Phi) is 2.44. The molecule has 2 aliphatic rings. The number of aromatic nitrogens is 1. The molecule has 1 aromatic heterocycles. The smallest absolute Gasteiger partial charge is 0.0478 e. The maximum Gasteiger partial charge on any atom is 0.0478 e. The number of aromatic amines is 1. The first kappa shape index (κ1) is 10.6. The number of fused-ring (bicyclic) bond motifs is 3. The fraction of sp³-hybridized carbons (Fsp3) is 0.500. The van der Waals surface area contributed by atoms with E-state index in [1.807, 2.05) is 0 Å². The van der Waals surface area contributed by atoms with E-state index in [1.54, 1.807) is 5.56 Å². The van der Waals surface area contributed by atoms with Crippen molar-refractivity contribution in [1.29, 1.82) is 0 Å². The van der Waals surface area contributed by atoms with Crippen molar-refractivity contribution in [3.63, 3.8) is 0 Å². The van der Waals surface area contributed by atoms with Crippen LogP contribution in [0.1, 0.15) is 49.4 Å². The van der Waals surface area contributed by atoms with Gasteiger partial charge in [-0.2, -0.15) is 0 Å². The first-order valence-corrected chi connectivity index (χ1v) is 7.27. The number of rotatable bonds is 2. The first-order valence-electron chi connectivity index (χ1n) is 7.27. The fourth-order valence-corrected chi connectivity index (χ4v) is 3.44. The average molecular weight is 240 g/mol. The van der Waals surface area contributed by atoms with Crippen LogP contribution < -0.4 is 5.32 Å². The Hall–Kier alpha value is -1.28. The molecule has 18 heavy (non-hydrogen) atoms. The summed E-state index contributed by atoms with van der Waals surface area (Å²) in [5.41, 5.74) is 4.34. The molecular formula is C16H20N2. The van der Waals surface area contributed by atoms with Crippen LogP contribution in [0.3, 0.4) is 0 Å². The van der Waals surface area contributed by atoms with Gasteiger partial charge < -0.3 is 10.3 Å². The lowest BCUT2D eigenvalue weighted by molar-refractivity contribution is 0.288. The number of hydrogen-bond acceptors (Lipinski definition) is 1. The summed E-state index contributed by atoms with van der Waals surface area (Å²) in [6, 6.07) is 10.1. The van der Waals surface area contributed by atoms with Crippen molar-refractivity contribution in [2.45, 2.75) is 50.6 Å². The maximum absolute atomic E-state index is 3.84. The van der Waals surface area contributed by atoms with Crippen LogP contribution in [0.15, 0.2) is 24.3 Å². The van der Waals surface area contributed by atoms with Crippen molar-refractivity contribution in [1.82, 2.24) is 10.3 Å². The van der Waals surface area contributed by atoms with Crippen LogP contribution in [0, 0.1) is 0 Å². The molecule has 1 heterocycles. The summed E-state index contributed by atoms with van der Waals surface area (Å²) in [6.45, 7) is 0. The Labute approximate surface area is 108 Å². The summed E-state index contributed by atoms with van der Waals surface area (Å²) in [5.74, 6) is 0. The second-order valence-electron chi connectivity index (χ2n) is 5.80. The lowest BCUT2D eigenvalue weighted by atomic mass is 9.87. The quantitative estimate of drug-likeness (QED) is 0.823. The van der Waals surface area contributed by atoms with E-state index < -0.39 is 0 Å². The van der Waals surface area contributed by atoms with Gasteiger partial charge in [-0.3, -0.25) is 0 Å². The predicted molar refractivity (Wildman–Crippen MR) is 74.8 cm³/mol. The van der Waals surface area contributed by atoms with Gasteiger partial charge >= 0.3 is 0 Å². The monoisotopic (exact) mass is 240 g/mol. The van der Waals surface area contributed by atoms with Crippen molar-refractivity contribution >= 4 is 10.9 Å². The molecule has 1 unspecified atom stereocenters. The van der Waals surface area contributed by atoms with E-state index in [2.05, 4.69) is 34.6 Å². The van der Waals surface area contributed by atoms with E-state index in [1.165, 1.54) is 55.1 Å². The van der Waals surface area contributed by atoms with E-state index in [-0.39, 0.29) is 0 Å². The summed E-state index contributed by atoms with van der Waals surface area (Å²) >= 11 is 0. The highest BCUT2D eigenvalue weighted by Gasteiger charge is 2.27. The SMILES string of the molecule is c1ccc2c3c([nH]c2c1)C(NC1CCC1)CCC3. The third-order valence-electron chi connectivity index (χ3n) is 4.66. The van der Waals surface area contributed by atoms with E-state index in [0.717, 1.165) is 6.04 Å². The zero-order valence-corrected chi connectivity index (χ0v) is 10.7. The average Bonchev–Trinajstić information content (AvgIpc) is 2.73. The third kappa shape index (κ3) is 1.59. The highest BCUT2D eigenvalue weighted by molar-refractivity contribution is 5.85. The van der Waals surface area contributed by atoms with Gasteiger partial charge in [0, 0.05) is 28.7 Å². The van der Waals surface area contributed by atoms with E-state index >= 15 is 0 Å². The van der Waals surface area contributed by atoms with Gasteiger partial charge in [0.05, 0.1) is 0 Å². The molecule has 0 aliphatic heterocycles. The molecule has 1 aromatic carbocycles. The summed E-state index contributed by atoms with van der Waals surface area (Å²) in [6.07, 6.45) is 7.99. The lowest BCUT2D eigenvalue weighted by Gasteiger charge is -2.33. The zero-order valence-electron chi connectivity index (χ0n) is 10.7. The molecule has 0 bridgehead atoms. The van der Waals surface area contributed by atoms with Gasteiger partial charge in [-0.05, 0) is 43.7 Å². The second kappa shape index (κ2) is 4.13. The van der Waals surface area contributed by atoms with Gasteiger partial charge in [-0.1, -0.05) is 24.6 Å². The van der Waals surface area contributed by atoms with Crippen LogP contribution in [0.5, 0.6) is 0 Å². The normalized spacial score (nSPS) is 23.9. The number of aryl methyl sites for hydroxylation is 1. The van der Waals surface area contributed by atoms with Gasteiger partial charge in [0.25, 0.3) is 0 Å². The first-order chi connectivity index (χ1) is 8.92. The minimum atomic E-state index is 0.562. The Morgan fingerprint density at radius 2 is 1.94 bits per heavy atom. The van der Waals surface area contributed by atoms with Crippen LogP contribution in [0.4, 0.5) is 0 Å². The Balaban J connectivity index is 1.73. The molecule has 2 nitrogen and oxygen atoms in total. The fourth-order valence-electron chi connectivity index (χ4n) is 3.44. The van der Waals surface area contributed by atoms with Crippen molar-refractivity contribution in [2.24, 2.45) is 0 Å². The minimum absolute atomic E-state index is 0.562. The Morgan fingerprint density at radius 3 is 2.78 bits per heavy atom. The highest BCUT2D eigenvalue weighted by Crippen LogP contribution is 2.36. The molecule has 4 rings (SSSR count). The number of H-pyrrole nitrogens is 1. The molecule has 1 fully saturated rings. The molecular weight excluding hydrogens is 220 g/mol. The molecule has 0 radical (unpaired) electrons. The van der Waals surface area contributed by atoms with Crippen molar-refractivity contribution in [3.05, 3.63) is 35.5 Å². The largest absolute Gasteiger partial charge is 0.357 e. The Bertz CT molecular complexity index is 565. The van der Waals surface area contributed by atoms with E-state index in [4.69, 9.17) is 0 Å². The molecule has 2 N–H and O–H groups in total. The van der Waals surface area contributed by atoms with Crippen molar-refractivity contribution in [3.8, 4) is 0 Å². The number of benzene rings is 1. The van der Waals surface area contributed by atoms with Crippen LogP contribution in [-0.2, 0) is 6.42 Å². The Morgan fingerprint density at radius 1 is 1.06 bits per heavy atom. The van der Waals surface area contributed by atoms with Crippen molar-refractivity contribution < 1.29 is 0 Å². The standard InChI is InChI=1S/C16H20N2/c1-2-9-14-12(7-1)13-8-4-10-15(16(13)18-14)17-11-5-3-6-11/h1-2,7,9,11,15,17-18H,3-6,8,10H2. The molecule has 2 aromatic rings. The van der Waals surface area contributed by atoms with Crippen LogP contribution in [0.2, 0.25) is 0 Å². The summed E-state index contributed by atoms with van der Waals surface area (Å²) in [5, 5.41) is 5.28. The van der Waals surface area contributed by atoms with Gasteiger partial charge in [-0.15, -0.1) is 0 Å².